The normalized spacial score (nSPS) is 12.4. The largest absolute Gasteiger partial charge is 0.462 e. The monoisotopic (exact) mass is 593 g/mol. The van der Waals surface area contributed by atoms with E-state index >= 15 is 0 Å². The molecular formula is C37H68O5. The molecule has 1 unspecified atom stereocenters. The summed E-state index contributed by atoms with van der Waals surface area (Å²) < 4.78 is 10.6. The Kier molecular flexibility index (Phi) is 32.6. The Morgan fingerprint density at radius 1 is 0.548 bits per heavy atom. The molecule has 0 spiro atoms. The zero-order valence-electron chi connectivity index (χ0n) is 27.8. The van der Waals surface area contributed by atoms with Gasteiger partial charge in [0.15, 0.2) is 6.10 Å². The van der Waals surface area contributed by atoms with Gasteiger partial charge in [0.1, 0.15) is 6.61 Å². The number of rotatable bonds is 32. The van der Waals surface area contributed by atoms with Crippen molar-refractivity contribution in [2.24, 2.45) is 0 Å². The first-order chi connectivity index (χ1) is 20.6. The smallest absolute Gasteiger partial charge is 0.306 e. The molecule has 0 amide bonds. The lowest BCUT2D eigenvalue weighted by Crippen LogP contribution is -2.28. The first-order valence-corrected chi connectivity index (χ1v) is 17.9. The summed E-state index contributed by atoms with van der Waals surface area (Å²) in [6, 6.07) is 0. The minimum Gasteiger partial charge on any atom is -0.462 e. The fourth-order valence-corrected chi connectivity index (χ4v) is 4.99. The van der Waals surface area contributed by atoms with Crippen molar-refractivity contribution in [1.29, 1.82) is 0 Å². The van der Waals surface area contributed by atoms with E-state index in [4.69, 9.17) is 9.47 Å². The highest BCUT2D eigenvalue weighted by Gasteiger charge is 2.16. The quantitative estimate of drug-likeness (QED) is 0.0478. The van der Waals surface area contributed by atoms with E-state index in [1.165, 1.54) is 103 Å². The molecule has 0 saturated carbocycles. The molecule has 0 bridgehead atoms. The van der Waals surface area contributed by atoms with Crippen molar-refractivity contribution in [3.8, 4) is 0 Å². The van der Waals surface area contributed by atoms with Gasteiger partial charge in [-0.3, -0.25) is 9.59 Å². The van der Waals surface area contributed by atoms with Crippen LogP contribution in [0.1, 0.15) is 181 Å². The van der Waals surface area contributed by atoms with Crippen molar-refractivity contribution < 1.29 is 24.2 Å². The summed E-state index contributed by atoms with van der Waals surface area (Å²) in [5.41, 5.74) is 0. The average molecular weight is 593 g/mol. The Balaban J connectivity index is 3.59. The number of aliphatic hydroxyl groups is 1. The van der Waals surface area contributed by atoms with Gasteiger partial charge in [-0.2, -0.15) is 0 Å². The number of esters is 2. The van der Waals surface area contributed by atoms with Gasteiger partial charge < -0.3 is 14.6 Å². The number of hydrogen-bond acceptors (Lipinski definition) is 5. The number of hydrogen-bond donors (Lipinski definition) is 1. The number of unbranched alkanes of at least 4 members (excludes halogenated alkanes) is 20. The Morgan fingerprint density at radius 2 is 0.952 bits per heavy atom. The average Bonchev–Trinajstić information content (AvgIpc) is 2.99. The molecule has 5 heteroatoms. The van der Waals surface area contributed by atoms with Gasteiger partial charge in [-0.05, 0) is 44.9 Å². The summed E-state index contributed by atoms with van der Waals surface area (Å²) in [6.07, 6.45) is 38.0. The Morgan fingerprint density at radius 3 is 1.45 bits per heavy atom. The molecule has 246 valence electrons. The van der Waals surface area contributed by atoms with Crippen LogP contribution in [-0.2, 0) is 19.1 Å². The molecule has 5 nitrogen and oxygen atoms in total. The SMILES string of the molecule is CCCCCC=CCC=CCCCCCCCC(=O)OC(CO)COC(=O)CCCCCCCCCCCCCCC. The van der Waals surface area contributed by atoms with Gasteiger partial charge in [0.05, 0.1) is 6.61 Å². The van der Waals surface area contributed by atoms with E-state index in [1.807, 2.05) is 0 Å². The highest BCUT2D eigenvalue weighted by Crippen LogP contribution is 2.14. The van der Waals surface area contributed by atoms with Crippen molar-refractivity contribution in [2.75, 3.05) is 13.2 Å². The summed E-state index contributed by atoms with van der Waals surface area (Å²) in [5, 5.41) is 9.51. The van der Waals surface area contributed by atoms with Crippen LogP contribution in [0.4, 0.5) is 0 Å². The van der Waals surface area contributed by atoms with E-state index in [9.17, 15) is 14.7 Å². The van der Waals surface area contributed by atoms with Crippen LogP contribution < -0.4 is 0 Å². The molecule has 0 aliphatic carbocycles. The zero-order chi connectivity index (χ0) is 30.8. The number of ether oxygens (including phenoxy) is 2. The number of allylic oxidation sites excluding steroid dienone is 4. The molecule has 0 aromatic rings. The molecule has 42 heavy (non-hydrogen) atoms. The van der Waals surface area contributed by atoms with Crippen LogP contribution in [0.3, 0.4) is 0 Å². The van der Waals surface area contributed by atoms with Crippen LogP contribution in [0.2, 0.25) is 0 Å². The van der Waals surface area contributed by atoms with Crippen LogP contribution in [0.25, 0.3) is 0 Å². The maximum absolute atomic E-state index is 12.1. The van der Waals surface area contributed by atoms with Gasteiger partial charge in [-0.15, -0.1) is 0 Å². The van der Waals surface area contributed by atoms with Crippen molar-refractivity contribution in [3.05, 3.63) is 24.3 Å². The molecule has 0 aliphatic rings. The fraction of sp³-hybridized carbons (Fsp3) is 0.838. The summed E-state index contributed by atoms with van der Waals surface area (Å²) >= 11 is 0. The van der Waals surface area contributed by atoms with Crippen LogP contribution in [0.5, 0.6) is 0 Å². The zero-order valence-corrected chi connectivity index (χ0v) is 27.8. The molecule has 0 aliphatic heterocycles. The third-order valence-corrected chi connectivity index (χ3v) is 7.75. The molecule has 0 saturated heterocycles. The highest BCUT2D eigenvalue weighted by atomic mass is 16.6. The van der Waals surface area contributed by atoms with E-state index < -0.39 is 6.10 Å². The maximum atomic E-state index is 12.1. The first-order valence-electron chi connectivity index (χ1n) is 17.9. The molecule has 0 heterocycles. The second-order valence-electron chi connectivity index (χ2n) is 12.0. The van der Waals surface area contributed by atoms with Crippen molar-refractivity contribution >= 4 is 11.9 Å². The number of carbonyl (C=O) groups excluding carboxylic acids is 2. The van der Waals surface area contributed by atoms with Crippen LogP contribution >= 0.6 is 0 Å². The fourth-order valence-electron chi connectivity index (χ4n) is 4.99. The third kappa shape index (κ3) is 31.3. The first kappa shape index (κ1) is 40.4. The molecule has 0 rings (SSSR count). The molecular weight excluding hydrogens is 524 g/mol. The Bertz CT molecular complexity index is 642. The molecule has 0 fully saturated rings. The van der Waals surface area contributed by atoms with Crippen LogP contribution in [-0.4, -0.2) is 36.4 Å². The molecule has 0 aromatic heterocycles. The van der Waals surface area contributed by atoms with Gasteiger partial charge in [0.2, 0.25) is 0 Å². The topological polar surface area (TPSA) is 72.8 Å². The van der Waals surface area contributed by atoms with Crippen LogP contribution in [0, 0.1) is 0 Å². The van der Waals surface area contributed by atoms with Gasteiger partial charge in [-0.1, -0.05) is 147 Å². The molecule has 0 aromatic carbocycles. The number of carbonyl (C=O) groups is 2. The third-order valence-electron chi connectivity index (χ3n) is 7.75. The summed E-state index contributed by atoms with van der Waals surface area (Å²) in [5.74, 6) is -0.603. The van der Waals surface area contributed by atoms with Crippen molar-refractivity contribution in [2.45, 2.75) is 187 Å². The minimum atomic E-state index is -0.772. The predicted molar refractivity (Wildman–Crippen MR) is 178 cm³/mol. The van der Waals surface area contributed by atoms with E-state index in [-0.39, 0.29) is 25.2 Å². The maximum Gasteiger partial charge on any atom is 0.306 e. The van der Waals surface area contributed by atoms with Gasteiger partial charge >= 0.3 is 11.9 Å². The van der Waals surface area contributed by atoms with Gasteiger partial charge in [-0.25, -0.2) is 0 Å². The second kappa shape index (κ2) is 33.9. The summed E-state index contributed by atoms with van der Waals surface area (Å²) in [4.78, 5) is 24.1. The standard InChI is InChI=1S/C37H68O5/c1-3-5-7-9-11-13-15-17-18-20-22-24-26-28-30-32-37(40)42-35(33-38)34-41-36(39)31-29-27-25-23-21-19-16-14-12-10-8-6-4-2/h11,13,17-18,35,38H,3-10,12,14-16,19-34H2,1-2H3. The summed E-state index contributed by atoms with van der Waals surface area (Å²) in [6.45, 7) is 4.09. The lowest BCUT2D eigenvalue weighted by atomic mass is 10.0. The van der Waals surface area contributed by atoms with Crippen molar-refractivity contribution in [1.82, 2.24) is 0 Å². The lowest BCUT2D eigenvalue weighted by Gasteiger charge is -2.15. The summed E-state index contributed by atoms with van der Waals surface area (Å²) in [7, 11) is 0. The van der Waals surface area contributed by atoms with Crippen molar-refractivity contribution in [3.63, 3.8) is 0 Å². The van der Waals surface area contributed by atoms with E-state index in [1.54, 1.807) is 0 Å². The highest BCUT2D eigenvalue weighted by molar-refractivity contribution is 5.70. The number of aliphatic hydroxyl groups excluding tert-OH is 1. The molecule has 0 radical (unpaired) electrons. The van der Waals surface area contributed by atoms with E-state index in [0.29, 0.717) is 12.8 Å². The lowest BCUT2D eigenvalue weighted by molar-refractivity contribution is -0.161. The Labute approximate surface area is 260 Å². The minimum absolute atomic E-state index is 0.0678. The van der Waals surface area contributed by atoms with Crippen LogP contribution in [0.15, 0.2) is 24.3 Å². The molecule has 1 N–H and O–H groups in total. The Hall–Kier alpha value is -1.62. The van der Waals surface area contributed by atoms with E-state index in [0.717, 1.165) is 51.4 Å². The predicted octanol–water partition coefficient (Wildman–Crippen LogP) is 10.7. The van der Waals surface area contributed by atoms with E-state index in [2.05, 4.69) is 38.2 Å². The van der Waals surface area contributed by atoms with Gasteiger partial charge in [0, 0.05) is 12.8 Å². The van der Waals surface area contributed by atoms with Gasteiger partial charge in [0.25, 0.3) is 0 Å². The molecule has 1 atom stereocenters. The second-order valence-corrected chi connectivity index (χ2v) is 12.0.